The van der Waals surface area contributed by atoms with Gasteiger partial charge in [0.25, 0.3) is 5.22 Å². The Balaban J connectivity index is 1.48. The zero-order chi connectivity index (χ0) is 15.6. The molecule has 4 rings (SSSR count). The Morgan fingerprint density at radius 3 is 2.96 bits per heavy atom. The fourth-order valence-corrected chi connectivity index (χ4v) is 2.80. The SMILES string of the molecule is CC(Sc1nnc(Cn2cncn2)o1)c1nc2ccccc2o1. The van der Waals surface area contributed by atoms with E-state index in [9.17, 15) is 0 Å². The molecule has 3 heterocycles. The monoisotopic (exact) mass is 328 g/mol. The fourth-order valence-electron chi connectivity index (χ4n) is 2.07. The number of aromatic nitrogens is 6. The second-order valence-corrected chi connectivity index (χ2v) is 6.13. The molecule has 1 aromatic carbocycles. The Morgan fingerprint density at radius 2 is 2.13 bits per heavy atom. The van der Waals surface area contributed by atoms with Crippen molar-refractivity contribution >= 4 is 22.9 Å². The van der Waals surface area contributed by atoms with Crippen molar-refractivity contribution in [1.29, 1.82) is 0 Å². The molecule has 0 aliphatic carbocycles. The molecule has 0 saturated carbocycles. The third-order valence-corrected chi connectivity index (χ3v) is 4.07. The van der Waals surface area contributed by atoms with Crippen molar-refractivity contribution in [1.82, 2.24) is 29.9 Å². The van der Waals surface area contributed by atoms with Crippen LogP contribution >= 0.6 is 11.8 Å². The first-order chi connectivity index (χ1) is 11.3. The lowest BCUT2D eigenvalue weighted by molar-refractivity contribution is 0.396. The molecule has 0 aliphatic heterocycles. The first-order valence-electron chi connectivity index (χ1n) is 6.95. The van der Waals surface area contributed by atoms with Crippen molar-refractivity contribution in [3.05, 3.63) is 48.7 Å². The molecular weight excluding hydrogens is 316 g/mol. The smallest absolute Gasteiger partial charge is 0.277 e. The number of hydrogen-bond acceptors (Lipinski definition) is 8. The average molecular weight is 328 g/mol. The summed E-state index contributed by atoms with van der Waals surface area (Å²) in [6.07, 6.45) is 3.05. The molecule has 0 bridgehead atoms. The maximum absolute atomic E-state index is 5.75. The molecule has 116 valence electrons. The van der Waals surface area contributed by atoms with Gasteiger partial charge in [0.1, 0.15) is 24.7 Å². The number of rotatable bonds is 5. The lowest BCUT2D eigenvalue weighted by Crippen LogP contribution is -1.99. The zero-order valence-electron chi connectivity index (χ0n) is 12.2. The zero-order valence-corrected chi connectivity index (χ0v) is 13.0. The van der Waals surface area contributed by atoms with Crippen LogP contribution in [0.15, 0.2) is 51.0 Å². The molecule has 4 aromatic rings. The predicted octanol–water partition coefficient (Wildman–Crippen LogP) is 2.70. The molecule has 0 N–H and O–H groups in total. The summed E-state index contributed by atoms with van der Waals surface area (Å²) >= 11 is 1.40. The predicted molar refractivity (Wildman–Crippen MR) is 81.7 cm³/mol. The van der Waals surface area contributed by atoms with Gasteiger partial charge in [0.15, 0.2) is 5.58 Å². The molecule has 8 nitrogen and oxygen atoms in total. The van der Waals surface area contributed by atoms with Crippen LogP contribution < -0.4 is 0 Å². The quantitative estimate of drug-likeness (QED) is 0.516. The van der Waals surface area contributed by atoms with Gasteiger partial charge < -0.3 is 8.83 Å². The molecule has 1 unspecified atom stereocenters. The third kappa shape index (κ3) is 2.95. The van der Waals surface area contributed by atoms with Crippen LogP contribution in [0.4, 0.5) is 0 Å². The molecular formula is C14H12N6O2S. The van der Waals surface area contributed by atoms with Crippen LogP contribution in [-0.4, -0.2) is 29.9 Å². The van der Waals surface area contributed by atoms with Gasteiger partial charge in [0.2, 0.25) is 11.8 Å². The molecule has 1 atom stereocenters. The first-order valence-corrected chi connectivity index (χ1v) is 7.83. The largest absolute Gasteiger partial charge is 0.439 e. The van der Waals surface area contributed by atoms with Gasteiger partial charge in [-0.05, 0) is 19.1 Å². The van der Waals surface area contributed by atoms with Crippen molar-refractivity contribution in [3.63, 3.8) is 0 Å². The van der Waals surface area contributed by atoms with E-state index in [0.717, 1.165) is 11.1 Å². The number of hydrogen-bond donors (Lipinski definition) is 0. The minimum Gasteiger partial charge on any atom is -0.439 e. The standard InChI is InChI=1S/C14H12N6O2S/c1-9(13-17-10-4-2-3-5-11(10)21-13)23-14-19-18-12(22-14)6-20-8-15-7-16-20/h2-5,7-9H,6H2,1H3. The van der Waals surface area contributed by atoms with Crippen molar-refractivity contribution in [2.75, 3.05) is 0 Å². The fraction of sp³-hybridized carbons (Fsp3) is 0.214. The van der Waals surface area contributed by atoms with E-state index in [2.05, 4.69) is 25.3 Å². The highest BCUT2D eigenvalue weighted by Crippen LogP contribution is 2.34. The Bertz CT molecular complexity index is 883. The summed E-state index contributed by atoms with van der Waals surface area (Å²) in [7, 11) is 0. The minimum absolute atomic E-state index is 0.0397. The number of thioether (sulfide) groups is 1. The van der Waals surface area contributed by atoms with Crippen molar-refractivity contribution < 1.29 is 8.83 Å². The van der Waals surface area contributed by atoms with E-state index >= 15 is 0 Å². The van der Waals surface area contributed by atoms with E-state index in [1.807, 2.05) is 31.2 Å². The second kappa shape index (κ2) is 5.84. The molecule has 0 spiro atoms. The van der Waals surface area contributed by atoms with Crippen LogP contribution in [0.2, 0.25) is 0 Å². The topological polar surface area (TPSA) is 95.7 Å². The average Bonchev–Trinajstić information content (AvgIpc) is 3.28. The van der Waals surface area contributed by atoms with Gasteiger partial charge in [-0.15, -0.1) is 10.2 Å². The van der Waals surface area contributed by atoms with Crippen molar-refractivity contribution in [2.45, 2.75) is 23.9 Å². The highest BCUT2D eigenvalue weighted by molar-refractivity contribution is 7.99. The van der Waals surface area contributed by atoms with Crippen LogP contribution in [-0.2, 0) is 6.54 Å². The van der Waals surface area contributed by atoms with Crippen LogP contribution in [0, 0.1) is 0 Å². The van der Waals surface area contributed by atoms with Crippen molar-refractivity contribution in [2.24, 2.45) is 0 Å². The minimum atomic E-state index is -0.0397. The van der Waals surface area contributed by atoms with Crippen molar-refractivity contribution in [3.8, 4) is 0 Å². The summed E-state index contributed by atoms with van der Waals surface area (Å²) in [5.74, 6) is 1.11. The summed E-state index contributed by atoms with van der Waals surface area (Å²) in [6.45, 7) is 2.38. The number of oxazole rings is 1. The van der Waals surface area contributed by atoms with Gasteiger partial charge in [-0.3, -0.25) is 0 Å². The Hall–Kier alpha value is -2.68. The number of para-hydroxylation sites is 2. The molecule has 0 saturated heterocycles. The third-order valence-electron chi connectivity index (χ3n) is 3.15. The van der Waals surface area contributed by atoms with Gasteiger partial charge in [0, 0.05) is 0 Å². The van der Waals surface area contributed by atoms with Gasteiger partial charge in [0.05, 0.1) is 5.25 Å². The van der Waals surface area contributed by atoms with Crippen LogP contribution in [0.5, 0.6) is 0 Å². The number of nitrogens with zero attached hydrogens (tertiary/aromatic N) is 6. The maximum Gasteiger partial charge on any atom is 0.277 e. The van der Waals surface area contributed by atoms with Gasteiger partial charge >= 0.3 is 0 Å². The van der Waals surface area contributed by atoms with Gasteiger partial charge in [-0.1, -0.05) is 23.9 Å². The Morgan fingerprint density at radius 1 is 1.22 bits per heavy atom. The first kappa shape index (κ1) is 13.9. The number of benzene rings is 1. The normalized spacial score (nSPS) is 12.7. The lowest BCUT2D eigenvalue weighted by atomic mass is 10.3. The molecule has 0 radical (unpaired) electrons. The summed E-state index contributed by atoms with van der Waals surface area (Å²) in [5, 5.41) is 12.5. The Kier molecular flexibility index (Phi) is 3.54. The number of fused-ring (bicyclic) bond motifs is 1. The van der Waals surface area contributed by atoms with E-state index in [-0.39, 0.29) is 5.25 Å². The molecule has 0 aliphatic rings. The van der Waals surface area contributed by atoms with Crippen LogP contribution in [0.25, 0.3) is 11.1 Å². The van der Waals surface area contributed by atoms with E-state index in [0.29, 0.717) is 23.5 Å². The molecule has 0 fully saturated rings. The van der Waals surface area contributed by atoms with Gasteiger partial charge in [-0.2, -0.15) is 5.10 Å². The molecule has 0 amide bonds. The molecule has 23 heavy (non-hydrogen) atoms. The molecule has 9 heteroatoms. The summed E-state index contributed by atoms with van der Waals surface area (Å²) in [4.78, 5) is 8.35. The van der Waals surface area contributed by atoms with E-state index in [1.165, 1.54) is 18.1 Å². The van der Waals surface area contributed by atoms with E-state index in [1.54, 1.807) is 11.0 Å². The second-order valence-electron chi connectivity index (χ2n) is 4.83. The highest BCUT2D eigenvalue weighted by Gasteiger charge is 2.18. The highest BCUT2D eigenvalue weighted by atomic mass is 32.2. The summed E-state index contributed by atoms with van der Waals surface area (Å²) in [6, 6.07) is 7.67. The Labute approximate surface area is 134 Å². The van der Waals surface area contributed by atoms with E-state index in [4.69, 9.17) is 8.83 Å². The van der Waals surface area contributed by atoms with Crippen LogP contribution in [0.3, 0.4) is 0 Å². The lowest BCUT2D eigenvalue weighted by Gasteiger charge is -2.01. The maximum atomic E-state index is 5.75. The van der Waals surface area contributed by atoms with Crippen LogP contribution in [0.1, 0.15) is 24.0 Å². The van der Waals surface area contributed by atoms with Gasteiger partial charge in [-0.25, -0.2) is 14.6 Å². The summed E-state index contributed by atoms with van der Waals surface area (Å²) in [5.41, 5.74) is 1.61. The van der Waals surface area contributed by atoms with E-state index < -0.39 is 0 Å². The molecule has 3 aromatic heterocycles. The summed E-state index contributed by atoms with van der Waals surface area (Å²) < 4.78 is 13.0.